The molecule has 5 heteroatoms. The van der Waals surface area contributed by atoms with Crippen LogP contribution >= 0.6 is 11.3 Å². The van der Waals surface area contributed by atoms with Gasteiger partial charge in [-0.1, -0.05) is 13.8 Å². The Morgan fingerprint density at radius 1 is 1.47 bits per heavy atom. The summed E-state index contributed by atoms with van der Waals surface area (Å²) in [5.41, 5.74) is 7.36. The minimum absolute atomic E-state index is 0.351. The van der Waals surface area contributed by atoms with Crippen molar-refractivity contribution in [2.45, 2.75) is 19.8 Å². The summed E-state index contributed by atoms with van der Waals surface area (Å²) in [6.07, 6.45) is 0. The van der Waals surface area contributed by atoms with Crippen molar-refractivity contribution < 1.29 is 9.53 Å². The fourth-order valence-electron chi connectivity index (χ4n) is 1.58. The molecule has 0 fully saturated rings. The second-order valence-electron chi connectivity index (χ2n) is 4.08. The summed E-state index contributed by atoms with van der Waals surface area (Å²) in [7, 11) is 1.35. The molecule has 0 radical (unpaired) electrons. The second-order valence-corrected chi connectivity index (χ2v) is 5.08. The number of esters is 1. The summed E-state index contributed by atoms with van der Waals surface area (Å²) >= 11 is 1.28. The Labute approximate surface area is 103 Å². The number of pyridine rings is 1. The summed E-state index contributed by atoms with van der Waals surface area (Å²) in [4.78, 5) is 17.2. The first-order valence-electron chi connectivity index (χ1n) is 5.31. The van der Waals surface area contributed by atoms with Gasteiger partial charge in [-0.25, -0.2) is 9.78 Å². The van der Waals surface area contributed by atoms with Gasteiger partial charge in [0.2, 0.25) is 0 Å². The highest BCUT2D eigenvalue weighted by Crippen LogP contribution is 2.33. The molecule has 0 spiro atoms. The number of carbonyl (C=O) groups excluding carboxylic acids is 1. The fourth-order valence-corrected chi connectivity index (χ4v) is 2.60. The SMILES string of the molecule is COC(=O)c1sc2nc(C(C)C)ccc2c1N. The summed E-state index contributed by atoms with van der Waals surface area (Å²) in [6, 6.07) is 3.85. The van der Waals surface area contributed by atoms with Gasteiger partial charge in [-0.3, -0.25) is 0 Å². The zero-order valence-corrected chi connectivity index (χ0v) is 10.8. The van der Waals surface area contributed by atoms with Crippen LogP contribution in [-0.2, 0) is 4.74 Å². The smallest absolute Gasteiger partial charge is 0.350 e. The number of nitrogens with zero attached hydrogens (tertiary/aromatic N) is 1. The second kappa shape index (κ2) is 4.33. The Morgan fingerprint density at radius 3 is 2.76 bits per heavy atom. The van der Waals surface area contributed by atoms with Crippen LogP contribution in [0.2, 0.25) is 0 Å². The van der Waals surface area contributed by atoms with E-state index in [1.807, 2.05) is 12.1 Å². The van der Waals surface area contributed by atoms with Gasteiger partial charge in [0.15, 0.2) is 0 Å². The van der Waals surface area contributed by atoms with E-state index in [-0.39, 0.29) is 0 Å². The monoisotopic (exact) mass is 250 g/mol. The van der Waals surface area contributed by atoms with E-state index in [1.54, 1.807) is 0 Å². The van der Waals surface area contributed by atoms with Gasteiger partial charge in [-0.15, -0.1) is 11.3 Å². The zero-order chi connectivity index (χ0) is 12.6. The Hall–Kier alpha value is -1.62. The van der Waals surface area contributed by atoms with Crippen molar-refractivity contribution in [3.63, 3.8) is 0 Å². The van der Waals surface area contributed by atoms with E-state index in [0.717, 1.165) is 15.9 Å². The third-order valence-corrected chi connectivity index (χ3v) is 3.67. The molecule has 0 atom stereocenters. The fraction of sp³-hybridized carbons (Fsp3) is 0.333. The van der Waals surface area contributed by atoms with Gasteiger partial charge >= 0.3 is 5.97 Å². The molecule has 90 valence electrons. The van der Waals surface area contributed by atoms with Crippen LogP contribution < -0.4 is 5.73 Å². The minimum atomic E-state index is -0.406. The number of fused-ring (bicyclic) bond motifs is 1. The van der Waals surface area contributed by atoms with Crippen LogP contribution in [0.5, 0.6) is 0 Å². The van der Waals surface area contributed by atoms with Gasteiger partial charge in [-0.2, -0.15) is 0 Å². The van der Waals surface area contributed by atoms with Gasteiger partial charge < -0.3 is 10.5 Å². The Kier molecular flexibility index (Phi) is 3.02. The van der Waals surface area contributed by atoms with Crippen LogP contribution in [0.4, 0.5) is 5.69 Å². The molecule has 2 rings (SSSR count). The summed E-state index contributed by atoms with van der Waals surface area (Å²) in [5.74, 6) is -0.0547. The van der Waals surface area contributed by atoms with Gasteiger partial charge in [0.1, 0.15) is 9.71 Å². The molecule has 2 heterocycles. The lowest BCUT2D eigenvalue weighted by Crippen LogP contribution is -2.01. The minimum Gasteiger partial charge on any atom is -0.465 e. The van der Waals surface area contributed by atoms with Gasteiger partial charge in [0.25, 0.3) is 0 Å². The van der Waals surface area contributed by atoms with Gasteiger partial charge in [-0.05, 0) is 18.1 Å². The van der Waals surface area contributed by atoms with E-state index in [1.165, 1.54) is 18.4 Å². The number of ether oxygens (including phenoxy) is 1. The van der Waals surface area contributed by atoms with Crippen LogP contribution in [0.1, 0.15) is 35.1 Å². The maximum atomic E-state index is 11.5. The van der Waals surface area contributed by atoms with Crippen molar-refractivity contribution in [2.75, 3.05) is 12.8 Å². The third kappa shape index (κ3) is 1.98. The molecule has 4 nitrogen and oxygen atoms in total. The van der Waals surface area contributed by atoms with Crippen molar-refractivity contribution in [1.29, 1.82) is 0 Å². The van der Waals surface area contributed by atoms with Crippen LogP contribution in [0, 0.1) is 0 Å². The molecule has 0 unspecified atom stereocenters. The molecule has 2 N–H and O–H groups in total. The van der Waals surface area contributed by atoms with E-state index < -0.39 is 5.97 Å². The lowest BCUT2D eigenvalue weighted by molar-refractivity contribution is 0.0607. The number of aromatic nitrogens is 1. The van der Waals surface area contributed by atoms with E-state index >= 15 is 0 Å². The largest absolute Gasteiger partial charge is 0.465 e. The number of hydrogen-bond acceptors (Lipinski definition) is 5. The highest BCUT2D eigenvalue weighted by molar-refractivity contribution is 7.21. The van der Waals surface area contributed by atoms with Gasteiger partial charge in [0, 0.05) is 11.1 Å². The standard InChI is InChI=1S/C12H14N2O2S/c1-6(2)8-5-4-7-9(13)10(12(15)16-3)17-11(7)14-8/h4-6H,13H2,1-3H3. The number of hydrogen-bond donors (Lipinski definition) is 1. The van der Waals surface area contributed by atoms with Crippen molar-refractivity contribution in [2.24, 2.45) is 0 Å². The van der Waals surface area contributed by atoms with Gasteiger partial charge in [0.05, 0.1) is 12.8 Å². The van der Waals surface area contributed by atoms with Crippen molar-refractivity contribution >= 4 is 33.2 Å². The molecule has 2 aromatic rings. The molecule has 0 amide bonds. The molecular formula is C12H14N2O2S. The number of thiophene rings is 1. The lowest BCUT2D eigenvalue weighted by Gasteiger charge is -2.02. The molecular weight excluding hydrogens is 236 g/mol. The molecule has 0 aromatic carbocycles. The number of carbonyl (C=O) groups is 1. The number of methoxy groups -OCH3 is 1. The summed E-state index contributed by atoms with van der Waals surface area (Å²) in [6.45, 7) is 4.15. The van der Waals surface area contributed by atoms with Crippen molar-refractivity contribution in [1.82, 2.24) is 4.98 Å². The number of anilines is 1. The van der Waals surface area contributed by atoms with Crippen LogP contribution in [0.15, 0.2) is 12.1 Å². The van der Waals surface area contributed by atoms with Crippen molar-refractivity contribution in [3.8, 4) is 0 Å². The molecule has 0 aliphatic rings. The Balaban J connectivity index is 2.61. The Bertz CT molecular complexity index is 575. The zero-order valence-electron chi connectivity index (χ0n) is 9.98. The first-order chi connectivity index (χ1) is 8.04. The van der Waals surface area contributed by atoms with E-state index in [2.05, 4.69) is 23.6 Å². The number of nitrogens with two attached hydrogens (primary N) is 1. The maximum absolute atomic E-state index is 11.5. The van der Waals surface area contributed by atoms with Crippen LogP contribution in [0.25, 0.3) is 10.2 Å². The van der Waals surface area contributed by atoms with E-state index in [0.29, 0.717) is 16.5 Å². The Morgan fingerprint density at radius 2 is 2.18 bits per heavy atom. The molecule has 2 aromatic heterocycles. The highest BCUT2D eigenvalue weighted by Gasteiger charge is 2.18. The maximum Gasteiger partial charge on any atom is 0.350 e. The van der Waals surface area contributed by atoms with Crippen LogP contribution in [-0.4, -0.2) is 18.1 Å². The quantitative estimate of drug-likeness (QED) is 0.832. The molecule has 0 saturated carbocycles. The first-order valence-corrected chi connectivity index (χ1v) is 6.13. The molecule has 0 aliphatic heterocycles. The molecule has 0 bridgehead atoms. The predicted molar refractivity (Wildman–Crippen MR) is 69.5 cm³/mol. The average Bonchev–Trinajstić information content (AvgIpc) is 2.65. The van der Waals surface area contributed by atoms with E-state index in [9.17, 15) is 4.79 Å². The average molecular weight is 250 g/mol. The first kappa shape index (κ1) is 11.9. The predicted octanol–water partition coefficient (Wildman–Crippen LogP) is 2.79. The summed E-state index contributed by atoms with van der Waals surface area (Å²) < 4.78 is 4.69. The lowest BCUT2D eigenvalue weighted by atomic mass is 10.1. The number of nitrogen functional groups attached to an aromatic ring is 1. The van der Waals surface area contributed by atoms with E-state index in [4.69, 9.17) is 5.73 Å². The van der Waals surface area contributed by atoms with Crippen LogP contribution in [0.3, 0.4) is 0 Å². The topological polar surface area (TPSA) is 65.2 Å². The number of rotatable bonds is 2. The van der Waals surface area contributed by atoms with Crippen molar-refractivity contribution in [3.05, 3.63) is 22.7 Å². The third-order valence-electron chi connectivity index (χ3n) is 2.58. The molecule has 17 heavy (non-hydrogen) atoms. The molecule has 0 saturated heterocycles. The summed E-state index contributed by atoms with van der Waals surface area (Å²) in [5, 5.41) is 0.819. The molecule has 0 aliphatic carbocycles. The highest BCUT2D eigenvalue weighted by atomic mass is 32.1. The normalized spacial score (nSPS) is 11.1.